The number of hydrogen-bond acceptors (Lipinski definition) is 3. The third-order valence-electron chi connectivity index (χ3n) is 3.19. The van der Waals surface area contributed by atoms with Gasteiger partial charge in [0.15, 0.2) is 0 Å². The molecule has 0 aliphatic rings. The van der Waals surface area contributed by atoms with Gasteiger partial charge in [-0.3, -0.25) is 9.89 Å². The molecule has 5 heteroatoms. The Morgan fingerprint density at radius 3 is 2.89 bits per heavy atom. The molecule has 1 heterocycles. The van der Waals surface area contributed by atoms with Crippen LogP contribution in [0.25, 0.3) is 11.3 Å². The predicted octanol–water partition coefficient (Wildman–Crippen LogP) is 2.14. The van der Waals surface area contributed by atoms with Crippen LogP contribution in [0.5, 0.6) is 0 Å². The van der Waals surface area contributed by atoms with Gasteiger partial charge in [-0.05, 0) is 31.5 Å². The van der Waals surface area contributed by atoms with Crippen LogP contribution in [0.3, 0.4) is 0 Å². The van der Waals surface area contributed by atoms with Crippen molar-refractivity contribution >= 4 is 11.6 Å². The Morgan fingerprint density at radius 2 is 2.26 bits per heavy atom. The number of carbonyl (C=O) groups excluding carboxylic acids is 1. The number of H-pyrrole nitrogens is 1. The average Bonchev–Trinajstić information content (AvgIpc) is 2.93. The number of aromatic amines is 1. The van der Waals surface area contributed by atoms with Crippen LogP contribution < -0.4 is 11.1 Å². The van der Waals surface area contributed by atoms with Crippen LogP contribution in [0.1, 0.15) is 20.3 Å². The third kappa shape index (κ3) is 3.00. The number of nitrogens with one attached hydrogen (secondary N) is 2. The number of nitrogens with zero attached hydrogens (tertiary/aromatic N) is 1. The number of nitrogens with two attached hydrogens (primary N) is 1. The topological polar surface area (TPSA) is 83.8 Å². The van der Waals surface area contributed by atoms with Gasteiger partial charge in [-0.25, -0.2) is 0 Å². The van der Waals surface area contributed by atoms with E-state index in [1.165, 1.54) is 0 Å². The van der Waals surface area contributed by atoms with Gasteiger partial charge in [0.2, 0.25) is 5.91 Å². The molecule has 5 nitrogen and oxygen atoms in total. The highest BCUT2D eigenvalue weighted by molar-refractivity contribution is 5.98. The summed E-state index contributed by atoms with van der Waals surface area (Å²) in [6.07, 6.45) is 2.27. The zero-order chi connectivity index (χ0) is 13.9. The molecule has 0 aliphatic heterocycles. The summed E-state index contributed by atoms with van der Waals surface area (Å²) in [5.74, 6) is -0.184. The monoisotopic (exact) mass is 258 g/mol. The molecule has 1 atom stereocenters. The van der Waals surface area contributed by atoms with E-state index >= 15 is 0 Å². The first kappa shape index (κ1) is 13.3. The van der Waals surface area contributed by atoms with Crippen molar-refractivity contribution in [3.8, 4) is 11.3 Å². The van der Waals surface area contributed by atoms with Gasteiger partial charge in [-0.1, -0.05) is 19.1 Å². The minimum absolute atomic E-state index is 0.184. The number of amides is 1. The molecule has 19 heavy (non-hydrogen) atoms. The molecule has 0 spiro atoms. The highest BCUT2D eigenvalue weighted by Gasteiger charge is 2.25. The van der Waals surface area contributed by atoms with Gasteiger partial charge in [-0.2, -0.15) is 5.10 Å². The quantitative estimate of drug-likeness (QED) is 0.785. The number of anilines is 1. The zero-order valence-electron chi connectivity index (χ0n) is 11.1. The zero-order valence-corrected chi connectivity index (χ0v) is 11.1. The lowest BCUT2D eigenvalue weighted by Crippen LogP contribution is -2.47. The van der Waals surface area contributed by atoms with Crippen molar-refractivity contribution in [2.24, 2.45) is 5.73 Å². The molecule has 0 saturated heterocycles. The molecular formula is C14H18N4O. The minimum Gasteiger partial charge on any atom is -0.324 e. The van der Waals surface area contributed by atoms with E-state index in [4.69, 9.17) is 5.73 Å². The van der Waals surface area contributed by atoms with E-state index in [9.17, 15) is 4.79 Å². The summed E-state index contributed by atoms with van der Waals surface area (Å²) < 4.78 is 0. The predicted molar refractivity (Wildman–Crippen MR) is 75.5 cm³/mol. The number of rotatable bonds is 4. The number of benzene rings is 1. The SMILES string of the molecule is CCC(C)(N)C(=O)Nc1cccc(-c2ccn[nH]2)c1. The molecule has 2 aromatic rings. The largest absolute Gasteiger partial charge is 0.324 e. The fourth-order valence-corrected chi connectivity index (χ4v) is 1.62. The fourth-order valence-electron chi connectivity index (χ4n) is 1.62. The van der Waals surface area contributed by atoms with Crippen molar-refractivity contribution < 1.29 is 4.79 Å². The van der Waals surface area contributed by atoms with Crippen LogP contribution in [0.15, 0.2) is 36.5 Å². The lowest BCUT2D eigenvalue weighted by Gasteiger charge is -2.21. The lowest BCUT2D eigenvalue weighted by atomic mass is 9.99. The van der Waals surface area contributed by atoms with Gasteiger partial charge in [-0.15, -0.1) is 0 Å². The maximum atomic E-state index is 12.0. The average molecular weight is 258 g/mol. The molecule has 0 saturated carbocycles. The van der Waals surface area contributed by atoms with Crippen molar-refractivity contribution in [1.29, 1.82) is 0 Å². The van der Waals surface area contributed by atoms with Crippen LogP contribution in [-0.2, 0) is 4.79 Å². The van der Waals surface area contributed by atoms with Crippen molar-refractivity contribution in [3.05, 3.63) is 36.5 Å². The first-order valence-electron chi connectivity index (χ1n) is 6.23. The third-order valence-corrected chi connectivity index (χ3v) is 3.19. The second kappa shape index (κ2) is 5.24. The fraction of sp³-hybridized carbons (Fsp3) is 0.286. The highest BCUT2D eigenvalue weighted by atomic mass is 16.2. The molecule has 4 N–H and O–H groups in total. The summed E-state index contributed by atoms with van der Waals surface area (Å²) in [4.78, 5) is 12.0. The Morgan fingerprint density at radius 1 is 1.47 bits per heavy atom. The molecule has 0 aliphatic carbocycles. The van der Waals surface area contributed by atoms with E-state index < -0.39 is 5.54 Å². The molecule has 2 rings (SSSR count). The van der Waals surface area contributed by atoms with E-state index in [0.29, 0.717) is 6.42 Å². The minimum atomic E-state index is -0.857. The van der Waals surface area contributed by atoms with E-state index in [2.05, 4.69) is 15.5 Å². The Balaban J connectivity index is 2.19. The molecule has 0 radical (unpaired) electrons. The molecule has 1 aromatic heterocycles. The van der Waals surface area contributed by atoms with Crippen molar-refractivity contribution in [2.45, 2.75) is 25.8 Å². The van der Waals surface area contributed by atoms with E-state index in [0.717, 1.165) is 16.9 Å². The van der Waals surface area contributed by atoms with Crippen molar-refractivity contribution in [1.82, 2.24) is 10.2 Å². The molecule has 100 valence electrons. The van der Waals surface area contributed by atoms with Crippen LogP contribution in [-0.4, -0.2) is 21.6 Å². The standard InChI is InChI=1S/C14H18N4O/c1-3-14(2,15)13(19)17-11-6-4-5-10(9-11)12-7-8-16-18-12/h4-9H,3,15H2,1-2H3,(H,16,18)(H,17,19). The summed E-state index contributed by atoms with van der Waals surface area (Å²) in [5, 5.41) is 9.63. The first-order valence-corrected chi connectivity index (χ1v) is 6.23. The summed E-state index contributed by atoms with van der Waals surface area (Å²) in [6.45, 7) is 3.61. The first-order chi connectivity index (χ1) is 9.03. The Labute approximate surface area is 112 Å². The second-order valence-corrected chi connectivity index (χ2v) is 4.78. The summed E-state index contributed by atoms with van der Waals surface area (Å²) >= 11 is 0. The van der Waals surface area contributed by atoms with Gasteiger partial charge in [0, 0.05) is 17.4 Å². The maximum Gasteiger partial charge on any atom is 0.244 e. The van der Waals surface area contributed by atoms with Crippen LogP contribution >= 0.6 is 0 Å². The molecule has 0 bridgehead atoms. The Kier molecular flexibility index (Phi) is 3.66. The molecule has 1 aromatic carbocycles. The Bertz CT molecular complexity index is 561. The summed E-state index contributed by atoms with van der Waals surface area (Å²) in [5.41, 5.74) is 7.65. The summed E-state index contributed by atoms with van der Waals surface area (Å²) in [7, 11) is 0. The van der Waals surface area contributed by atoms with Crippen molar-refractivity contribution in [2.75, 3.05) is 5.32 Å². The van der Waals surface area contributed by atoms with Crippen molar-refractivity contribution in [3.63, 3.8) is 0 Å². The van der Waals surface area contributed by atoms with Gasteiger partial charge < -0.3 is 11.1 Å². The molecular weight excluding hydrogens is 240 g/mol. The lowest BCUT2D eigenvalue weighted by molar-refractivity contribution is -0.120. The second-order valence-electron chi connectivity index (χ2n) is 4.78. The molecule has 1 unspecified atom stereocenters. The normalized spacial score (nSPS) is 13.8. The molecule has 0 fully saturated rings. The number of hydrogen-bond donors (Lipinski definition) is 3. The molecule has 1 amide bonds. The van der Waals surface area contributed by atoms with Crippen LogP contribution in [0, 0.1) is 0 Å². The Hall–Kier alpha value is -2.14. The van der Waals surface area contributed by atoms with Crippen LogP contribution in [0.2, 0.25) is 0 Å². The van der Waals surface area contributed by atoms with Crippen LogP contribution in [0.4, 0.5) is 5.69 Å². The van der Waals surface area contributed by atoms with Gasteiger partial charge in [0.1, 0.15) is 0 Å². The van der Waals surface area contributed by atoms with Gasteiger partial charge in [0.05, 0.1) is 11.2 Å². The number of carbonyl (C=O) groups is 1. The van der Waals surface area contributed by atoms with Gasteiger partial charge in [0.25, 0.3) is 0 Å². The maximum absolute atomic E-state index is 12.0. The van der Waals surface area contributed by atoms with E-state index in [-0.39, 0.29) is 5.91 Å². The summed E-state index contributed by atoms with van der Waals surface area (Å²) in [6, 6.07) is 9.43. The van der Waals surface area contributed by atoms with E-state index in [1.54, 1.807) is 13.1 Å². The van der Waals surface area contributed by atoms with Gasteiger partial charge >= 0.3 is 0 Å². The highest BCUT2D eigenvalue weighted by Crippen LogP contribution is 2.21. The number of aromatic nitrogens is 2. The van der Waals surface area contributed by atoms with E-state index in [1.807, 2.05) is 37.3 Å². The smallest absolute Gasteiger partial charge is 0.244 e.